The molecule has 2 rings (SSSR count). The van der Waals surface area contributed by atoms with Gasteiger partial charge in [0.1, 0.15) is 5.54 Å². The van der Waals surface area contributed by atoms with Crippen LogP contribution in [0.5, 0.6) is 0 Å². The molecule has 0 bridgehead atoms. The molecule has 1 aliphatic rings. The monoisotopic (exact) mass is 239 g/mol. The first-order valence-electron chi connectivity index (χ1n) is 5.84. The van der Waals surface area contributed by atoms with Gasteiger partial charge in [0.15, 0.2) is 5.82 Å². The highest BCUT2D eigenvalue weighted by molar-refractivity contribution is 5.79. The third kappa shape index (κ3) is 2.31. The maximum Gasteiger partial charge on any atom is 0.323 e. The number of nitrogens with one attached hydrogen (secondary N) is 1. The van der Waals surface area contributed by atoms with Gasteiger partial charge >= 0.3 is 5.97 Å². The maximum absolute atomic E-state index is 11.1. The van der Waals surface area contributed by atoms with Gasteiger partial charge in [0.2, 0.25) is 5.89 Å². The highest BCUT2D eigenvalue weighted by Gasteiger charge is 2.44. The average Bonchev–Trinajstić information content (AvgIpc) is 2.64. The number of hydrogen-bond donors (Lipinski definition) is 2. The van der Waals surface area contributed by atoms with E-state index >= 15 is 0 Å². The molecule has 1 aromatic heterocycles. The molecule has 94 valence electrons. The minimum Gasteiger partial charge on any atom is -0.480 e. The van der Waals surface area contributed by atoms with E-state index in [9.17, 15) is 4.79 Å². The topological polar surface area (TPSA) is 88.2 Å². The van der Waals surface area contributed by atoms with E-state index in [1.807, 2.05) is 13.8 Å². The molecule has 1 aliphatic carbocycles. The zero-order chi connectivity index (χ0) is 12.5. The Hall–Kier alpha value is -1.43. The summed E-state index contributed by atoms with van der Waals surface area (Å²) in [4.78, 5) is 15.3. The molecule has 0 atom stereocenters. The van der Waals surface area contributed by atoms with Crippen molar-refractivity contribution in [2.75, 3.05) is 0 Å². The first-order chi connectivity index (χ1) is 8.03. The standard InChI is InChI=1S/C11H17N3O3/c1-7(2)9-13-8(14-17-9)6-12-11(10(15)16)4-3-5-11/h7,12H,3-6H2,1-2H3,(H,15,16). The van der Waals surface area contributed by atoms with Crippen LogP contribution >= 0.6 is 0 Å². The lowest BCUT2D eigenvalue weighted by Crippen LogP contribution is -2.56. The van der Waals surface area contributed by atoms with Gasteiger partial charge in [0.25, 0.3) is 0 Å². The van der Waals surface area contributed by atoms with Crippen molar-refractivity contribution in [1.82, 2.24) is 15.5 Å². The Labute approximate surface area is 99.4 Å². The molecule has 6 heteroatoms. The summed E-state index contributed by atoms with van der Waals surface area (Å²) in [6.07, 6.45) is 2.28. The first kappa shape index (κ1) is 12.0. The van der Waals surface area contributed by atoms with Crippen molar-refractivity contribution in [1.29, 1.82) is 0 Å². The largest absolute Gasteiger partial charge is 0.480 e. The summed E-state index contributed by atoms with van der Waals surface area (Å²) in [6, 6.07) is 0. The molecule has 2 N–H and O–H groups in total. The zero-order valence-corrected chi connectivity index (χ0v) is 10.1. The summed E-state index contributed by atoms with van der Waals surface area (Å²) in [5, 5.41) is 16.0. The van der Waals surface area contributed by atoms with Crippen LogP contribution in [0.15, 0.2) is 4.52 Å². The molecule has 0 aliphatic heterocycles. The molecule has 1 heterocycles. The van der Waals surface area contributed by atoms with E-state index in [0.29, 0.717) is 31.1 Å². The number of carboxylic acids is 1. The molecule has 0 aromatic carbocycles. The normalized spacial score (nSPS) is 18.1. The van der Waals surface area contributed by atoms with E-state index in [-0.39, 0.29) is 5.92 Å². The summed E-state index contributed by atoms with van der Waals surface area (Å²) in [5.74, 6) is 0.491. The van der Waals surface area contributed by atoms with E-state index in [2.05, 4.69) is 15.5 Å². The predicted octanol–water partition coefficient (Wildman–Crippen LogP) is 1.29. The molecule has 0 spiro atoms. The molecule has 0 amide bonds. The van der Waals surface area contributed by atoms with Crippen LogP contribution in [-0.2, 0) is 11.3 Å². The van der Waals surface area contributed by atoms with Crippen LogP contribution in [0.1, 0.15) is 50.7 Å². The molecule has 1 saturated carbocycles. The highest BCUT2D eigenvalue weighted by atomic mass is 16.5. The van der Waals surface area contributed by atoms with Crippen molar-refractivity contribution in [3.8, 4) is 0 Å². The number of carbonyl (C=O) groups is 1. The van der Waals surface area contributed by atoms with Gasteiger partial charge in [-0.2, -0.15) is 4.98 Å². The fourth-order valence-electron chi connectivity index (χ4n) is 1.82. The SMILES string of the molecule is CC(C)c1nc(CNC2(C(=O)O)CCC2)no1. The summed E-state index contributed by atoms with van der Waals surface area (Å²) in [7, 11) is 0. The van der Waals surface area contributed by atoms with Gasteiger partial charge in [-0.15, -0.1) is 0 Å². The van der Waals surface area contributed by atoms with Crippen LogP contribution in [-0.4, -0.2) is 26.8 Å². The molecule has 0 saturated heterocycles. The molecule has 0 radical (unpaired) electrons. The Kier molecular flexibility index (Phi) is 3.15. The van der Waals surface area contributed by atoms with Gasteiger partial charge in [-0.25, -0.2) is 0 Å². The van der Waals surface area contributed by atoms with Gasteiger partial charge in [-0.3, -0.25) is 10.1 Å². The van der Waals surface area contributed by atoms with Gasteiger partial charge in [-0.05, 0) is 19.3 Å². The van der Waals surface area contributed by atoms with Gasteiger partial charge in [0, 0.05) is 5.92 Å². The average molecular weight is 239 g/mol. The molecule has 1 aromatic rings. The summed E-state index contributed by atoms with van der Waals surface area (Å²) in [6.45, 7) is 4.27. The van der Waals surface area contributed by atoms with Crippen LogP contribution in [0, 0.1) is 0 Å². The van der Waals surface area contributed by atoms with E-state index in [1.54, 1.807) is 0 Å². The van der Waals surface area contributed by atoms with Crippen molar-refractivity contribution in [2.24, 2.45) is 0 Å². The van der Waals surface area contributed by atoms with Crippen LogP contribution in [0.4, 0.5) is 0 Å². The van der Waals surface area contributed by atoms with E-state index in [1.165, 1.54) is 0 Å². The fourth-order valence-corrected chi connectivity index (χ4v) is 1.82. The molecule has 1 fully saturated rings. The van der Waals surface area contributed by atoms with Gasteiger partial charge in [-0.1, -0.05) is 19.0 Å². The first-order valence-corrected chi connectivity index (χ1v) is 5.84. The van der Waals surface area contributed by atoms with Crippen molar-refractivity contribution in [2.45, 2.75) is 51.1 Å². The lowest BCUT2D eigenvalue weighted by Gasteiger charge is -2.38. The number of carboxylic acid groups (broad SMARTS) is 1. The van der Waals surface area contributed by atoms with Crippen molar-refractivity contribution in [3.63, 3.8) is 0 Å². The third-order valence-electron chi connectivity index (χ3n) is 3.18. The second-order valence-corrected chi connectivity index (χ2v) is 4.80. The smallest absolute Gasteiger partial charge is 0.323 e. The van der Waals surface area contributed by atoms with Crippen molar-refractivity contribution < 1.29 is 14.4 Å². The van der Waals surface area contributed by atoms with Gasteiger partial charge in [0.05, 0.1) is 6.54 Å². The van der Waals surface area contributed by atoms with Gasteiger partial charge < -0.3 is 9.63 Å². The fraction of sp³-hybridized carbons (Fsp3) is 0.727. The van der Waals surface area contributed by atoms with Crippen molar-refractivity contribution in [3.05, 3.63) is 11.7 Å². The van der Waals surface area contributed by atoms with Crippen LogP contribution in [0.25, 0.3) is 0 Å². The van der Waals surface area contributed by atoms with E-state index in [0.717, 1.165) is 6.42 Å². The molecular weight excluding hydrogens is 222 g/mol. The number of nitrogens with zero attached hydrogens (tertiary/aromatic N) is 2. The zero-order valence-electron chi connectivity index (χ0n) is 10.1. The number of rotatable bonds is 5. The quantitative estimate of drug-likeness (QED) is 0.805. The predicted molar refractivity (Wildman–Crippen MR) is 59.4 cm³/mol. The minimum atomic E-state index is -0.795. The Morgan fingerprint density at radius 3 is 2.71 bits per heavy atom. The molecular formula is C11H17N3O3. The Balaban J connectivity index is 1.95. The van der Waals surface area contributed by atoms with Crippen LogP contribution in [0.2, 0.25) is 0 Å². The van der Waals surface area contributed by atoms with Crippen LogP contribution < -0.4 is 5.32 Å². The maximum atomic E-state index is 11.1. The van der Waals surface area contributed by atoms with Crippen molar-refractivity contribution >= 4 is 5.97 Å². The highest BCUT2D eigenvalue weighted by Crippen LogP contribution is 2.32. The summed E-state index contributed by atoms with van der Waals surface area (Å²) in [5.41, 5.74) is -0.779. The Morgan fingerprint density at radius 1 is 1.59 bits per heavy atom. The minimum absolute atomic E-state index is 0.188. The van der Waals surface area contributed by atoms with E-state index < -0.39 is 11.5 Å². The summed E-state index contributed by atoms with van der Waals surface area (Å²) < 4.78 is 5.05. The number of aromatic nitrogens is 2. The molecule has 17 heavy (non-hydrogen) atoms. The third-order valence-corrected chi connectivity index (χ3v) is 3.18. The number of aliphatic carboxylic acids is 1. The van der Waals surface area contributed by atoms with Crippen LogP contribution in [0.3, 0.4) is 0 Å². The lowest BCUT2D eigenvalue weighted by atomic mass is 9.77. The molecule has 0 unspecified atom stereocenters. The second kappa shape index (κ2) is 4.44. The van der Waals surface area contributed by atoms with E-state index in [4.69, 9.17) is 9.63 Å². The summed E-state index contributed by atoms with van der Waals surface area (Å²) >= 11 is 0. The Bertz CT molecular complexity index is 410. The number of hydrogen-bond acceptors (Lipinski definition) is 5. The molecule has 6 nitrogen and oxygen atoms in total. The second-order valence-electron chi connectivity index (χ2n) is 4.80. The lowest BCUT2D eigenvalue weighted by molar-refractivity contribution is -0.148. The Morgan fingerprint density at radius 2 is 2.29 bits per heavy atom.